The van der Waals surface area contributed by atoms with E-state index >= 15 is 0 Å². The highest BCUT2D eigenvalue weighted by molar-refractivity contribution is 6.22. The molecule has 9 nitrogen and oxygen atoms in total. The number of rotatable bonds is 8. The molecule has 9 heteroatoms. The highest BCUT2D eigenvalue weighted by atomic mass is 16.6. The Hall–Kier alpha value is -4.76. The molecule has 0 bridgehead atoms. The number of hydrogen-bond acceptors (Lipinski definition) is 6. The summed E-state index contributed by atoms with van der Waals surface area (Å²) in [6.07, 6.45) is 7.92. The lowest BCUT2D eigenvalue weighted by Gasteiger charge is -2.14. The van der Waals surface area contributed by atoms with Gasteiger partial charge in [0.25, 0.3) is 5.69 Å². The summed E-state index contributed by atoms with van der Waals surface area (Å²) in [7, 11) is 0. The van der Waals surface area contributed by atoms with Crippen LogP contribution in [0, 0.1) is 10.1 Å². The molecule has 3 heterocycles. The molecule has 0 saturated carbocycles. The molecule has 5 aromatic rings. The van der Waals surface area contributed by atoms with E-state index in [0.29, 0.717) is 28.7 Å². The minimum absolute atomic E-state index is 0.0518. The number of nitro groups is 1. The van der Waals surface area contributed by atoms with E-state index in [1.165, 1.54) is 30.5 Å². The normalized spacial score (nSPS) is 14.3. The number of aromatic amines is 1. The molecule has 39 heavy (non-hydrogen) atoms. The second kappa shape index (κ2) is 10.5. The molecule has 0 amide bonds. The van der Waals surface area contributed by atoms with Crippen molar-refractivity contribution >= 4 is 28.0 Å². The molecule has 3 aromatic carbocycles. The quantitative estimate of drug-likeness (QED) is 0.153. The van der Waals surface area contributed by atoms with Crippen molar-refractivity contribution in [3.63, 3.8) is 0 Å². The minimum Gasteiger partial charge on any atom is -0.494 e. The fourth-order valence-corrected chi connectivity index (χ4v) is 5.15. The van der Waals surface area contributed by atoms with Gasteiger partial charge in [-0.2, -0.15) is 0 Å². The van der Waals surface area contributed by atoms with Gasteiger partial charge in [0.15, 0.2) is 5.88 Å². The number of benzene rings is 3. The van der Waals surface area contributed by atoms with Crippen molar-refractivity contribution in [1.82, 2.24) is 19.4 Å². The number of likely N-dealkylation sites (tertiary alicyclic amines) is 1. The van der Waals surface area contributed by atoms with E-state index in [1.807, 2.05) is 47.2 Å². The van der Waals surface area contributed by atoms with E-state index in [0.717, 1.165) is 36.4 Å². The standard InChI is InChI=1S/C30H28N6O3/c37-30-28(26-17-25(36(38)39)11-12-27(26)33-30)29(23-7-3-21(4-8-23)19-35-16-13-31-20-35)32-24-9-5-22(6-10-24)18-34-14-1-2-15-34/h3-13,16-17,20,33,37H,1-2,14-15,18-19H2. The van der Waals surface area contributed by atoms with Gasteiger partial charge >= 0.3 is 0 Å². The monoisotopic (exact) mass is 520 g/mol. The zero-order valence-corrected chi connectivity index (χ0v) is 21.3. The fraction of sp³-hybridized carbons (Fsp3) is 0.200. The average molecular weight is 521 g/mol. The van der Waals surface area contributed by atoms with Crippen LogP contribution in [0.15, 0.2) is 90.4 Å². The van der Waals surface area contributed by atoms with E-state index < -0.39 is 4.92 Å². The Kier molecular flexibility index (Phi) is 6.64. The molecular formula is C30H28N6O3. The molecular weight excluding hydrogens is 492 g/mol. The molecule has 1 aliphatic rings. The van der Waals surface area contributed by atoms with Crippen molar-refractivity contribution in [2.45, 2.75) is 25.9 Å². The van der Waals surface area contributed by atoms with Gasteiger partial charge in [-0.3, -0.25) is 15.0 Å². The maximum atomic E-state index is 11.5. The van der Waals surface area contributed by atoms with Crippen LogP contribution in [0.25, 0.3) is 10.9 Å². The number of hydrogen-bond donors (Lipinski definition) is 2. The lowest BCUT2D eigenvalue weighted by molar-refractivity contribution is -0.384. The van der Waals surface area contributed by atoms with E-state index in [-0.39, 0.29) is 11.6 Å². The second-order valence-corrected chi connectivity index (χ2v) is 9.88. The van der Waals surface area contributed by atoms with Crippen LogP contribution in [-0.4, -0.2) is 48.3 Å². The Bertz CT molecular complexity index is 1630. The van der Waals surface area contributed by atoms with E-state index in [4.69, 9.17) is 4.99 Å². The van der Waals surface area contributed by atoms with Gasteiger partial charge in [-0.1, -0.05) is 36.4 Å². The van der Waals surface area contributed by atoms with Gasteiger partial charge in [0, 0.05) is 54.1 Å². The molecule has 6 rings (SSSR count). The molecule has 0 radical (unpaired) electrons. The van der Waals surface area contributed by atoms with Gasteiger partial charge in [0.1, 0.15) is 0 Å². The van der Waals surface area contributed by atoms with E-state index in [1.54, 1.807) is 18.6 Å². The van der Waals surface area contributed by atoms with Crippen LogP contribution in [0.4, 0.5) is 11.4 Å². The zero-order chi connectivity index (χ0) is 26.8. The lowest BCUT2D eigenvalue weighted by Crippen LogP contribution is -2.18. The molecule has 1 saturated heterocycles. The summed E-state index contributed by atoms with van der Waals surface area (Å²) in [6, 6.07) is 20.6. The summed E-state index contributed by atoms with van der Waals surface area (Å²) < 4.78 is 1.98. The maximum Gasteiger partial charge on any atom is 0.270 e. The minimum atomic E-state index is -0.436. The van der Waals surface area contributed by atoms with E-state index in [2.05, 4.69) is 27.0 Å². The summed E-state index contributed by atoms with van der Waals surface area (Å²) in [4.78, 5) is 25.6. The summed E-state index contributed by atoms with van der Waals surface area (Å²) in [5, 5.41) is 23.0. The van der Waals surface area contributed by atoms with Crippen LogP contribution in [0.5, 0.6) is 5.88 Å². The number of imidazole rings is 1. The van der Waals surface area contributed by atoms with Crippen LogP contribution >= 0.6 is 0 Å². The van der Waals surface area contributed by atoms with Crippen molar-refractivity contribution in [2.24, 2.45) is 4.99 Å². The highest BCUT2D eigenvalue weighted by Crippen LogP contribution is 2.34. The third kappa shape index (κ3) is 5.30. The maximum absolute atomic E-state index is 11.5. The Morgan fingerprint density at radius 3 is 2.41 bits per heavy atom. The first-order valence-corrected chi connectivity index (χ1v) is 13.0. The van der Waals surface area contributed by atoms with Gasteiger partial charge in [0.2, 0.25) is 0 Å². The number of fused-ring (bicyclic) bond motifs is 1. The lowest BCUT2D eigenvalue weighted by atomic mass is 9.99. The van der Waals surface area contributed by atoms with Crippen molar-refractivity contribution in [1.29, 1.82) is 0 Å². The van der Waals surface area contributed by atoms with Gasteiger partial charge in [-0.25, -0.2) is 9.98 Å². The van der Waals surface area contributed by atoms with Gasteiger partial charge < -0.3 is 14.7 Å². The molecule has 2 aromatic heterocycles. The van der Waals surface area contributed by atoms with Crippen LogP contribution in [0.2, 0.25) is 0 Å². The van der Waals surface area contributed by atoms with Gasteiger partial charge in [0.05, 0.1) is 28.2 Å². The van der Waals surface area contributed by atoms with Crippen molar-refractivity contribution < 1.29 is 10.0 Å². The Morgan fingerprint density at radius 1 is 1.00 bits per heavy atom. The van der Waals surface area contributed by atoms with Crippen LogP contribution in [0.1, 0.15) is 35.1 Å². The number of H-pyrrole nitrogens is 1. The third-order valence-electron chi connectivity index (χ3n) is 7.14. The summed E-state index contributed by atoms with van der Waals surface area (Å²) in [5.74, 6) is -0.0857. The molecule has 1 aliphatic heterocycles. The van der Waals surface area contributed by atoms with Crippen LogP contribution in [-0.2, 0) is 13.1 Å². The van der Waals surface area contributed by atoms with Gasteiger partial charge in [-0.15, -0.1) is 0 Å². The molecule has 0 unspecified atom stereocenters. The van der Waals surface area contributed by atoms with Gasteiger partial charge in [-0.05, 0) is 55.3 Å². The second-order valence-electron chi connectivity index (χ2n) is 9.88. The first-order chi connectivity index (χ1) is 19.0. The first-order valence-electron chi connectivity index (χ1n) is 13.0. The summed E-state index contributed by atoms with van der Waals surface area (Å²) >= 11 is 0. The highest BCUT2D eigenvalue weighted by Gasteiger charge is 2.21. The number of nitrogens with zero attached hydrogens (tertiary/aromatic N) is 5. The molecule has 196 valence electrons. The number of nitro benzene ring substituents is 1. The summed E-state index contributed by atoms with van der Waals surface area (Å²) in [6.45, 7) is 3.86. The molecule has 2 N–H and O–H groups in total. The first kappa shape index (κ1) is 24.6. The Balaban J connectivity index is 1.41. The predicted molar refractivity (Wildman–Crippen MR) is 151 cm³/mol. The van der Waals surface area contributed by atoms with E-state index in [9.17, 15) is 15.2 Å². The predicted octanol–water partition coefficient (Wildman–Crippen LogP) is 5.79. The topological polar surface area (TPSA) is 113 Å². The molecule has 0 aliphatic carbocycles. The number of aromatic hydroxyl groups is 1. The SMILES string of the molecule is O=[N+]([O-])c1ccc2[nH]c(O)c(C(=Nc3ccc(CN4CCCC4)cc3)c3ccc(Cn4ccnc4)cc3)c2c1. The van der Waals surface area contributed by atoms with Crippen LogP contribution in [0.3, 0.4) is 0 Å². The number of aliphatic imine (C=N–C) groups is 1. The number of nitrogens with one attached hydrogen (secondary N) is 1. The molecule has 0 atom stereocenters. The molecule has 0 spiro atoms. The largest absolute Gasteiger partial charge is 0.494 e. The Labute approximate surface area is 225 Å². The smallest absolute Gasteiger partial charge is 0.270 e. The van der Waals surface area contributed by atoms with Crippen molar-refractivity contribution in [3.05, 3.63) is 118 Å². The van der Waals surface area contributed by atoms with Crippen molar-refractivity contribution in [2.75, 3.05) is 13.1 Å². The Morgan fingerprint density at radius 2 is 1.72 bits per heavy atom. The number of non-ortho nitro benzene ring substituents is 1. The van der Waals surface area contributed by atoms with Crippen LogP contribution < -0.4 is 0 Å². The average Bonchev–Trinajstić information content (AvgIpc) is 3.70. The van der Waals surface area contributed by atoms with Crippen molar-refractivity contribution in [3.8, 4) is 5.88 Å². The molecule has 1 fully saturated rings. The number of aromatic nitrogens is 3. The fourth-order valence-electron chi connectivity index (χ4n) is 5.15. The summed E-state index contributed by atoms with van der Waals surface area (Å²) in [5.41, 5.74) is 5.33. The zero-order valence-electron chi connectivity index (χ0n) is 21.3. The third-order valence-corrected chi connectivity index (χ3v) is 7.14.